The number of rotatable bonds is 3. The molecule has 0 aliphatic heterocycles. The van der Waals surface area contributed by atoms with Crippen molar-refractivity contribution in [3.05, 3.63) is 84.5 Å². The van der Waals surface area contributed by atoms with Gasteiger partial charge in [0.15, 0.2) is 0 Å². The molecule has 2 aromatic carbocycles. The fourth-order valence-corrected chi connectivity index (χ4v) is 2.84. The maximum atomic E-state index is 12.0. The molecule has 0 bridgehead atoms. The zero-order chi connectivity index (χ0) is 14.7. The van der Waals surface area contributed by atoms with E-state index in [1.54, 1.807) is 6.08 Å². The first kappa shape index (κ1) is 13.4. The van der Waals surface area contributed by atoms with Gasteiger partial charge in [0, 0.05) is 0 Å². The highest BCUT2D eigenvalue weighted by Gasteiger charge is 2.39. The molecule has 3 rings (SSSR count). The van der Waals surface area contributed by atoms with Gasteiger partial charge in [-0.15, -0.1) is 0 Å². The summed E-state index contributed by atoms with van der Waals surface area (Å²) in [6, 6.07) is 17.7. The van der Waals surface area contributed by atoms with Crippen LogP contribution in [0.5, 0.6) is 0 Å². The Balaban J connectivity index is 2.21. The average Bonchev–Trinajstić information content (AvgIpc) is 2.56. The third kappa shape index (κ3) is 2.29. The van der Waals surface area contributed by atoms with Crippen LogP contribution in [0.2, 0.25) is 0 Å². The van der Waals surface area contributed by atoms with Gasteiger partial charge in [-0.05, 0) is 23.1 Å². The highest BCUT2D eigenvalue weighted by molar-refractivity contribution is 5.88. The van der Waals surface area contributed by atoms with Gasteiger partial charge in [0.1, 0.15) is 5.41 Å². The molecule has 1 atom stereocenters. The first-order valence-electron chi connectivity index (χ1n) is 6.97. The number of carboxylic acid groups (broad SMARTS) is 1. The van der Waals surface area contributed by atoms with Crippen LogP contribution in [-0.2, 0) is 10.2 Å². The highest BCUT2D eigenvalue weighted by atomic mass is 16.4. The van der Waals surface area contributed by atoms with E-state index in [2.05, 4.69) is 0 Å². The minimum atomic E-state index is -0.985. The Morgan fingerprint density at radius 1 is 0.952 bits per heavy atom. The minimum absolute atomic E-state index is 0.475. The van der Waals surface area contributed by atoms with E-state index in [1.807, 2.05) is 72.8 Å². The van der Waals surface area contributed by atoms with Gasteiger partial charge in [-0.25, -0.2) is 0 Å². The van der Waals surface area contributed by atoms with Crippen LogP contribution in [0.3, 0.4) is 0 Å². The van der Waals surface area contributed by atoms with Crippen molar-refractivity contribution in [3.63, 3.8) is 0 Å². The highest BCUT2D eigenvalue weighted by Crippen LogP contribution is 2.39. The third-order valence-electron chi connectivity index (χ3n) is 3.94. The van der Waals surface area contributed by atoms with E-state index in [1.165, 1.54) is 0 Å². The van der Waals surface area contributed by atoms with Crippen LogP contribution >= 0.6 is 0 Å². The van der Waals surface area contributed by atoms with Crippen LogP contribution in [0.4, 0.5) is 0 Å². The van der Waals surface area contributed by atoms with Crippen molar-refractivity contribution in [1.29, 1.82) is 0 Å². The number of hydrogen-bond acceptors (Lipinski definition) is 1. The molecule has 0 aromatic heterocycles. The van der Waals surface area contributed by atoms with Crippen LogP contribution in [0, 0.1) is 0 Å². The fraction of sp³-hybridized carbons (Fsp3) is 0.105. The Morgan fingerprint density at radius 2 is 1.67 bits per heavy atom. The van der Waals surface area contributed by atoms with E-state index in [0.717, 1.165) is 16.7 Å². The molecule has 0 radical (unpaired) electrons. The predicted octanol–water partition coefficient (Wildman–Crippen LogP) is 4.19. The van der Waals surface area contributed by atoms with Crippen LogP contribution < -0.4 is 0 Å². The molecule has 0 saturated heterocycles. The molecule has 0 heterocycles. The molecule has 1 aliphatic rings. The normalized spacial score (nSPS) is 20.4. The molecule has 1 aliphatic carbocycles. The van der Waals surface area contributed by atoms with Crippen molar-refractivity contribution >= 4 is 5.97 Å². The molecule has 104 valence electrons. The van der Waals surface area contributed by atoms with Crippen molar-refractivity contribution in [2.45, 2.75) is 11.8 Å². The summed E-state index contributed by atoms with van der Waals surface area (Å²) in [5, 5.41) is 9.83. The predicted molar refractivity (Wildman–Crippen MR) is 84.1 cm³/mol. The van der Waals surface area contributed by atoms with Gasteiger partial charge in [0.2, 0.25) is 0 Å². The number of carboxylic acids is 1. The molecule has 1 unspecified atom stereocenters. The topological polar surface area (TPSA) is 37.3 Å². The maximum Gasteiger partial charge on any atom is 0.318 e. The summed E-state index contributed by atoms with van der Waals surface area (Å²) in [6.45, 7) is 0. The summed E-state index contributed by atoms with van der Waals surface area (Å²) in [7, 11) is 0. The Labute approximate surface area is 124 Å². The van der Waals surface area contributed by atoms with Crippen molar-refractivity contribution < 1.29 is 9.90 Å². The van der Waals surface area contributed by atoms with Crippen LogP contribution in [0.15, 0.2) is 78.9 Å². The van der Waals surface area contributed by atoms with E-state index in [-0.39, 0.29) is 0 Å². The van der Waals surface area contributed by atoms with Gasteiger partial charge in [0.05, 0.1) is 0 Å². The Bertz CT molecular complexity index is 713. The number of carbonyl (C=O) groups is 1. The quantitative estimate of drug-likeness (QED) is 0.912. The number of hydrogen-bond donors (Lipinski definition) is 1. The van der Waals surface area contributed by atoms with Gasteiger partial charge in [-0.3, -0.25) is 4.79 Å². The van der Waals surface area contributed by atoms with Crippen molar-refractivity contribution in [1.82, 2.24) is 0 Å². The molecule has 2 nitrogen and oxygen atoms in total. The molecule has 2 aromatic rings. The summed E-state index contributed by atoms with van der Waals surface area (Å²) in [5.74, 6) is -0.813. The lowest BCUT2D eigenvalue weighted by Gasteiger charge is -2.29. The molecule has 0 amide bonds. The average molecular weight is 276 g/mol. The maximum absolute atomic E-state index is 12.0. The number of benzene rings is 2. The number of allylic oxidation sites excluding steroid dienone is 3. The van der Waals surface area contributed by atoms with Gasteiger partial charge < -0.3 is 5.11 Å². The molecule has 0 saturated carbocycles. The van der Waals surface area contributed by atoms with Crippen LogP contribution in [0.1, 0.15) is 12.0 Å². The van der Waals surface area contributed by atoms with Gasteiger partial charge in [-0.2, -0.15) is 0 Å². The molecule has 2 heteroatoms. The Hall–Kier alpha value is -2.61. The van der Waals surface area contributed by atoms with Crippen LogP contribution in [0.25, 0.3) is 11.1 Å². The molecule has 1 N–H and O–H groups in total. The van der Waals surface area contributed by atoms with Crippen molar-refractivity contribution in [2.24, 2.45) is 0 Å². The third-order valence-corrected chi connectivity index (χ3v) is 3.94. The summed E-state index contributed by atoms with van der Waals surface area (Å²) < 4.78 is 0. The zero-order valence-electron chi connectivity index (χ0n) is 11.6. The second-order valence-corrected chi connectivity index (χ2v) is 5.18. The van der Waals surface area contributed by atoms with Crippen molar-refractivity contribution in [2.75, 3.05) is 0 Å². The standard InChI is InChI=1S/C19H16O2/c20-18(21)19(13-7-2-8-14-19)17-12-6-5-11-16(17)15-9-3-1-4-10-15/h1-13H,14H2,(H,20,21). The second-order valence-electron chi connectivity index (χ2n) is 5.18. The Kier molecular flexibility index (Phi) is 3.44. The lowest BCUT2D eigenvalue weighted by molar-refractivity contribution is -0.141. The summed E-state index contributed by atoms with van der Waals surface area (Å²) in [6.07, 6.45) is 7.89. The number of aliphatic carboxylic acids is 1. The van der Waals surface area contributed by atoms with E-state index < -0.39 is 11.4 Å². The molecule has 0 spiro atoms. The van der Waals surface area contributed by atoms with E-state index in [9.17, 15) is 9.90 Å². The minimum Gasteiger partial charge on any atom is -0.480 e. The lowest BCUT2D eigenvalue weighted by atomic mass is 9.73. The van der Waals surface area contributed by atoms with E-state index in [0.29, 0.717) is 6.42 Å². The first-order chi connectivity index (χ1) is 10.2. The zero-order valence-corrected chi connectivity index (χ0v) is 11.6. The largest absolute Gasteiger partial charge is 0.480 e. The second kappa shape index (κ2) is 5.41. The molecular formula is C19H16O2. The molecule has 0 fully saturated rings. The van der Waals surface area contributed by atoms with Crippen molar-refractivity contribution in [3.8, 4) is 11.1 Å². The SMILES string of the molecule is O=C(O)C1(c2ccccc2-c2ccccc2)C=CC=CC1. The summed E-state index contributed by atoms with van der Waals surface area (Å²) in [5.41, 5.74) is 1.86. The van der Waals surface area contributed by atoms with E-state index in [4.69, 9.17) is 0 Å². The summed E-state index contributed by atoms with van der Waals surface area (Å²) in [4.78, 5) is 12.0. The molecule has 21 heavy (non-hydrogen) atoms. The molecular weight excluding hydrogens is 260 g/mol. The van der Waals surface area contributed by atoms with E-state index >= 15 is 0 Å². The monoisotopic (exact) mass is 276 g/mol. The first-order valence-corrected chi connectivity index (χ1v) is 6.97. The van der Waals surface area contributed by atoms with Gasteiger partial charge in [-0.1, -0.05) is 78.9 Å². The summed E-state index contributed by atoms with van der Waals surface area (Å²) >= 11 is 0. The smallest absolute Gasteiger partial charge is 0.318 e. The Morgan fingerprint density at radius 3 is 2.33 bits per heavy atom. The fourth-order valence-electron chi connectivity index (χ4n) is 2.84. The van der Waals surface area contributed by atoms with Gasteiger partial charge >= 0.3 is 5.97 Å². The van der Waals surface area contributed by atoms with Gasteiger partial charge in [0.25, 0.3) is 0 Å². The lowest BCUT2D eigenvalue weighted by Crippen LogP contribution is -2.34. The van der Waals surface area contributed by atoms with Crippen LogP contribution in [-0.4, -0.2) is 11.1 Å².